The normalized spacial score (nSPS) is 19.4. The number of hydrogen-bond donors (Lipinski definition) is 0. The molecule has 0 bridgehead atoms. The summed E-state index contributed by atoms with van der Waals surface area (Å²) in [6.45, 7) is 13.1. The van der Waals surface area contributed by atoms with E-state index in [-0.39, 0.29) is 12.0 Å². The Morgan fingerprint density at radius 2 is 1.56 bits per heavy atom. The summed E-state index contributed by atoms with van der Waals surface area (Å²) < 4.78 is 10.8. The largest absolute Gasteiger partial charge is 0.443 e. The van der Waals surface area contributed by atoms with E-state index in [0.717, 1.165) is 5.69 Å². The van der Waals surface area contributed by atoms with Gasteiger partial charge < -0.3 is 14.4 Å². The van der Waals surface area contributed by atoms with Crippen LogP contribution in [0, 0.1) is 0 Å². The fourth-order valence-electron chi connectivity index (χ4n) is 2.64. The van der Waals surface area contributed by atoms with E-state index in [9.17, 15) is 9.59 Å². The molecule has 0 spiro atoms. The highest BCUT2D eigenvalue weighted by Crippen LogP contribution is 2.26. The Hall–Kier alpha value is -2.57. The smallest absolute Gasteiger partial charge is 0.437 e. The van der Waals surface area contributed by atoms with Crippen molar-refractivity contribution < 1.29 is 19.1 Å². The van der Waals surface area contributed by atoms with Gasteiger partial charge in [-0.2, -0.15) is 0 Å². The molecule has 1 aromatic rings. The molecule has 2 amide bonds. The van der Waals surface area contributed by atoms with Gasteiger partial charge in [0.05, 0.1) is 6.04 Å². The van der Waals surface area contributed by atoms with E-state index < -0.39 is 23.4 Å². The van der Waals surface area contributed by atoms with Crippen LogP contribution < -0.4 is 4.90 Å². The predicted molar refractivity (Wildman–Crippen MR) is 105 cm³/mol. The van der Waals surface area contributed by atoms with Crippen molar-refractivity contribution in [3.63, 3.8) is 0 Å². The van der Waals surface area contributed by atoms with Crippen LogP contribution in [-0.2, 0) is 9.47 Å². The maximum atomic E-state index is 12.8. The van der Waals surface area contributed by atoms with Crippen molar-refractivity contribution in [3.8, 4) is 0 Å². The highest BCUT2D eigenvalue weighted by molar-refractivity contribution is 6.09. The molecule has 0 aromatic heterocycles. The first kappa shape index (κ1) is 20.7. The van der Waals surface area contributed by atoms with Crippen molar-refractivity contribution in [3.05, 3.63) is 30.3 Å². The second-order valence-electron chi connectivity index (χ2n) is 8.54. The van der Waals surface area contributed by atoms with Crippen LogP contribution in [0.5, 0.6) is 0 Å². The second kappa shape index (κ2) is 7.58. The minimum absolute atomic E-state index is 0.206. The first-order valence-electron chi connectivity index (χ1n) is 9.04. The zero-order valence-corrected chi connectivity index (χ0v) is 17.1. The molecule has 0 N–H and O–H groups in total. The van der Waals surface area contributed by atoms with Gasteiger partial charge in [0, 0.05) is 12.2 Å². The fourth-order valence-corrected chi connectivity index (χ4v) is 2.64. The molecule has 1 unspecified atom stereocenters. The SMILES string of the molecule is CC1CN(c2ccccc2)/C(=N/C(=O)OC(C)(C)C)N1C(=O)OC(C)(C)C. The topological polar surface area (TPSA) is 71.4 Å². The minimum atomic E-state index is -0.749. The Balaban J connectivity index is 2.41. The van der Waals surface area contributed by atoms with E-state index in [0.29, 0.717) is 6.54 Å². The second-order valence-corrected chi connectivity index (χ2v) is 8.54. The standard InChI is InChI=1S/C20H29N3O4/c1-14-13-22(15-11-9-8-10-12-15)16(21-17(24)26-19(2,3)4)23(14)18(25)27-20(5,6)7/h8-12,14H,13H2,1-7H3/b21-16-. The average Bonchev–Trinajstić information content (AvgIpc) is 2.80. The van der Waals surface area contributed by atoms with Crippen LogP contribution in [0.1, 0.15) is 48.5 Å². The quantitative estimate of drug-likeness (QED) is 0.726. The lowest BCUT2D eigenvalue weighted by Crippen LogP contribution is -2.44. The Kier molecular flexibility index (Phi) is 5.82. The highest BCUT2D eigenvalue weighted by Gasteiger charge is 2.41. The number of rotatable bonds is 1. The molecule has 1 aliphatic heterocycles. The molecule has 2 rings (SSSR count). The molecule has 27 heavy (non-hydrogen) atoms. The summed E-state index contributed by atoms with van der Waals surface area (Å²) in [6.07, 6.45) is -1.29. The fraction of sp³-hybridized carbons (Fsp3) is 0.550. The third-order valence-electron chi connectivity index (χ3n) is 3.59. The molecule has 7 nitrogen and oxygen atoms in total. The lowest BCUT2D eigenvalue weighted by Gasteiger charge is -2.27. The number of aliphatic imine (C=N–C) groups is 1. The third kappa shape index (κ3) is 5.70. The summed E-state index contributed by atoms with van der Waals surface area (Å²) in [7, 11) is 0. The Morgan fingerprint density at radius 1 is 1.00 bits per heavy atom. The molecule has 1 saturated heterocycles. The lowest BCUT2D eigenvalue weighted by atomic mass is 10.2. The van der Waals surface area contributed by atoms with Crippen LogP contribution in [0.2, 0.25) is 0 Å². The first-order valence-corrected chi connectivity index (χ1v) is 9.04. The molecule has 1 aliphatic rings. The third-order valence-corrected chi connectivity index (χ3v) is 3.59. The summed E-state index contributed by atoms with van der Waals surface area (Å²) >= 11 is 0. The molecule has 1 atom stereocenters. The van der Waals surface area contributed by atoms with E-state index >= 15 is 0 Å². The van der Waals surface area contributed by atoms with Crippen LogP contribution in [0.3, 0.4) is 0 Å². The Morgan fingerprint density at radius 3 is 2.07 bits per heavy atom. The summed E-state index contributed by atoms with van der Waals surface area (Å²) in [4.78, 5) is 32.4. The van der Waals surface area contributed by atoms with Crippen molar-refractivity contribution >= 4 is 23.8 Å². The zero-order chi connectivity index (χ0) is 20.4. The first-order chi connectivity index (χ1) is 12.4. The van der Waals surface area contributed by atoms with E-state index in [1.54, 1.807) is 41.5 Å². The van der Waals surface area contributed by atoms with Crippen LogP contribution in [0.15, 0.2) is 35.3 Å². The molecule has 0 saturated carbocycles. The number of hydrogen-bond acceptors (Lipinski definition) is 4. The van der Waals surface area contributed by atoms with Gasteiger partial charge in [-0.05, 0) is 60.6 Å². The van der Waals surface area contributed by atoms with E-state index in [1.807, 2.05) is 42.2 Å². The van der Waals surface area contributed by atoms with Crippen molar-refractivity contribution in [1.82, 2.24) is 4.90 Å². The van der Waals surface area contributed by atoms with Crippen LogP contribution in [0.4, 0.5) is 15.3 Å². The number of anilines is 1. The van der Waals surface area contributed by atoms with Crippen molar-refractivity contribution in [1.29, 1.82) is 0 Å². The number of carbonyl (C=O) groups excluding carboxylic acids is 2. The van der Waals surface area contributed by atoms with Gasteiger partial charge in [-0.15, -0.1) is 4.99 Å². The lowest BCUT2D eigenvalue weighted by molar-refractivity contribution is 0.0344. The van der Waals surface area contributed by atoms with Crippen molar-refractivity contribution in [2.24, 2.45) is 4.99 Å². The van der Waals surface area contributed by atoms with Gasteiger partial charge in [0.25, 0.3) is 0 Å². The Bertz CT molecular complexity index is 717. The molecule has 1 fully saturated rings. The number of ether oxygens (including phenoxy) is 2. The molecule has 148 valence electrons. The van der Waals surface area contributed by atoms with E-state index in [4.69, 9.17) is 9.47 Å². The molecular weight excluding hydrogens is 346 g/mol. The van der Waals surface area contributed by atoms with Gasteiger partial charge in [0.2, 0.25) is 5.96 Å². The monoisotopic (exact) mass is 375 g/mol. The van der Waals surface area contributed by atoms with Gasteiger partial charge in [0.1, 0.15) is 11.2 Å². The molecule has 1 heterocycles. The number of para-hydroxylation sites is 1. The molecule has 7 heteroatoms. The number of nitrogens with zero attached hydrogens (tertiary/aromatic N) is 3. The zero-order valence-electron chi connectivity index (χ0n) is 17.1. The molecule has 0 aliphatic carbocycles. The van der Waals surface area contributed by atoms with Crippen LogP contribution in [-0.4, -0.2) is 46.8 Å². The molecule has 1 aromatic carbocycles. The summed E-state index contributed by atoms with van der Waals surface area (Å²) in [5.74, 6) is 0.206. The van der Waals surface area contributed by atoms with Crippen molar-refractivity contribution in [2.75, 3.05) is 11.4 Å². The van der Waals surface area contributed by atoms with E-state index in [1.165, 1.54) is 4.90 Å². The molecular formula is C20H29N3O4. The van der Waals surface area contributed by atoms with Gasteiger partial charge in [-0.25, -0.2) is 14.5 Å². The Labute approximate surface area is 160 Å². The maximum Gasteiger partial charge on any atom is 0.437 e. The highest BCUT2D eigenvalue weighted by atomic mass is 16.6. The van der Waals surface area contributed by atoms with Gasteiger partial charge in [-0.3, -0.25) is 0 Å². The van der Waals surface area contributed by atoms with E-state index in [2.05, 4.69) is 4.99 Å². The number of amides is 2. The van der Waals surface area contributed by atoms with Crippen LogP contribution >= 0.6 is 0 Å². The predicted octanol–water partition coefficient (Wildman–Crippen LogP) is 4.42. The maximum absolute atomic E-state index is 12.8. The minimum Gasteiger partial charge on any atom is -0.443 e. The number of carbonyl (C=O) groups is 2. The number of guanidine groups is 1. The molecule has 0 radical (unpaired) electrons. The summed E-state index contributed by atoms with van der Waals surface area (Å²) in [5, 5.41) is 0. The van der Waals surface area contributed by atoms with Crippen molar-refractivity contribution in [2.45, 2.75) is 65.7 Å². The van der Waals surface area contributed by atoms with Gasteiger partial charge in [0.15, 0.2) is 0 Å². The van der Waals surface area contributed by atoms with Gasteiger partial charge >= 0.3 is 12.2 Å². The van der Waals surface area contributed by atoms with Crippen LogP contribution in [0.25, 0.3) is 0 Å². The average molecular weight is 375 g/mol. The van der Waals surface area contributed by atoms with Gasteiger partial charge in [-0.1, -0.05) is 18.2 Å². The summed E-state index contributed by atoms with van der Waals surface area (Å²) in [6, 6.07) is 9.26. The summed E-state index contributed by atoms with van der Waals surface area (Å²) in [5.41, 5.74) is -0.508. The number of benzene rings is 1.